The minimum atomic E-state index is -0.561. The number of rotatable bonds is 10. The van der Waals surface area contributed by atoms with Crippen molar-refractivity contribution < 1.29 is 18.8 Å². The third-order valence-corrected chi connectivity index (χ3v) is 13.8. The number of nitrogens with one attached hydrogen (secondary N) is 3. The Labute approximate surface area is 371 Å². The first-order valence-electron chi connectivity index (χ1n) is 22.4. The van der Waals surface area contributed by atoms with E-state index in [-0.39, 0.29) is 30.0 Å². The maximum atomic E-state index is 15.3. The summed E-state index contributed by atoms with van der Waals surface area (Å²) in [5.74, 6) is -0.268. The topological polar surface area (TPSA) is 131 Å². The number of piperidine rings is 3. The Kier molecular flexibility index (Phi) is 11.2. The van der Waals surface area contributed by atoms with Crippen molar-refractivity contribution in [2.75, 3.05) is 48.3 Å². The number of benzene rings is 4. The van der Waals surface area contributed by atoms with E-state index in [2.05, 4.69) is 96.8 Å². The van der Waals surface area contributed by atoms with Crippen LogP contribution in [0.5, 0.6) is 0 Å². The van der Waals surface area contributed by atoms with Crippen molar-refractivity contribution in [1.29, 1.82) is 0 Å². The molecular formula is C51H52FN9O3. The van der Waals surface area contributed by atoms with Crippen LogP contribution in [0.4, 0.5) is 21.5 Å². The Hall–Kier alpha value is -6.86. The largest absolute Gasteiger partial charge is 0.374 e. The van der Waals surface area contributed by atoms with Gasteiger partial charge in [-0.05, 0) is 146 Å². The molecule has 3 N–H and O–H groups in total. The number of hydrogen-bond donors (Lipinski definition) is 3. The zero-order valence-electron chi connectivity index (χ0n) is 36.2. The lowest BCUT2D eigenvalue weighted by Crippen LogP contribution is -2.47. The zero-order valence-corrected chi connectivity index (χ0v) is 36.2. The third-order valence-electron chi connectivity index (χ3n) is 13.8. The molecule has 0 saturated carbocycles. The summed E-state index contributed by atoms with van der Waals surface area (Å²) < 4.78 is 17.5. The molecule has 0 aliphatic carbocycles. The molecule has 3 fully saturated rings. The van der Waals surface area contributed by atoms with Crippen LogP contribution in [0.25, 0.3) is 33.1 Å². The SMILES string of the molecule is CN(C(=O)c1ccc(C2CCN(Cc3cc4c(-c5ccc6[nH]ncc6c5)ccnc4n3C)CC2)cc1)c1ccc(C2CCN(c3ccc(NC4CCC(=O)NC4=O)cc3F)CC2)cc1. The highest BCUT2D eigenvalue weighted by Gasteiger charge is 2.28. The van der Waals surface area contributed by atoms with E-state index in [0.29, 0.717) is 48.3 Å². The highest BCUT2D eigenvalue weighted by molar-refractivity contribution is 6.06. The molecule has 3 aliphatic heterocycles. The van der Waals surface area contributed by atoms with E-state index in [1.165, 1.54) is 28.5 Å². The number of H-pyrrole nitrogens is 1. The maximum absolute atomic E-state index is 15.3. The van der Waals surface area contributed by atoms with Gasteiger partial charge in [0.05, 0.1) is 17.4 Å². The zero-order chi connectivity index (χ0) is 43.9. The molecule has 3 saturated heterocycles. The molecule has 12 nitrogen and oxygen atoms in total. The molecule has 3 aromatic heterocycles. The highest BCUT2D eigenvalue weighted by Crippen LogP contribution is 2.36. The average molecular weight is 858 g/mol. The lowest BCUT2D eigenvalue weighted by Gasteiger charge is -2.34. The minimum Gasteiger partial charge on any atom is -0.374 e. The summed E-state index contributed by atoms with van der Waals surface area (Å²) in [6.45, 7) is 4.30. The van der Waals surface area contributed by atoms with Gasteiger partial charge in [0.1, 0.15) is 17.5 Å². The highest BCUT2D eigenvalue weighted by atomic mass is 19.1. The van der Waals surface area contributed by atoms with Gasteiger partial charge in [-0.25, -0.2) is 9.37 Å². The second-order valence-electron chi connectivity index (χ2n) is 17.7. The fourth-order valence-electron chi connectivity index (χ4n) is 9.96. The molecular weight excluding hydrogens is 806 g/mol. The standard InChI is InChI=1S/C51H52FN9O3/c1-58-41(29-43-42(17-22-53-49(43)58)37-9-13-45-38(27-37)30-54-57-45)31-60-23-18-34(19-24-60)32-3-5-36(6-4-32)51(64)59(2)40-11-7-33(8-12-40)35-20-25-61(26-21-35)47-15-10-39(28-44(47)52)55-46-14-16-48(62)56-50(46)63/h3-13,15,17,22,27-30,34-35,46,55H,14,16,18-21,23-26,31H2,1-2H3,(H,54,57)(H,56,62,63). The number of imide groups is 1. The molecule has 3 aliphatic rings. The molecule has 10 rings (SSSR count). The van der Waals surface area contributed by atoms with Crippen LogP contribution in [-0.4, -0.2) is 81.6 Å². The van der Waals surface area contributed by atoms with Crippen molar-refractivity contribution in [3.05, 3.63) is 138 Å². The number of fused-ring (bicyclic) bond motifs is 2. The molecule has 326 valence electrons. The third kappa shape index (κ3) is 8.23. The van der Waals surface area contributed by atoms with Gasteiger partial charge in [-0.15, -0.1) is 0 Å². The monoisotopic (exact) mass is 857 g/mol. The number of anilines is 3. The van der Waals surface area contributed by atoms with E-state index in [9.17, 15) is 14.4 Å². The number of aromatic amines is 1. The Bertz CT molecular complexity index is 2860. The van der Waals surface area contributed by atoms with E-state index in [4.69, 9.17) is 4.98 Å². The van der Waals surface area contributed by atoms with Crippen LogP contribution in [0, 0.1) is 5.82 Å². The van der Waals surface area contributed by atoms with Crippen LogP contribution in [0.1, 0.15) is 77.5 Å². The van der Waals surface area contributed by atoms with Gasteiger partial charge in [0, 0.05) is 79.8 Å². The minimum absolute atomic E-state index is 0.0441. The average Bonchev–Trinajstić information content (AvgIpc) is 3.93. The van der Waals surface area contributed by atoms with E-state index >= 15 is 4.39 Å². The summed E-state index contributed by atoms with van der Waals surface area (Å²) in [5.41, 5.74) is 10.7. The van der Waals surface area contributed by atoms with Gasteiger partial charge in [0.2, 0.25) is 11.8 Å². The fraction of sp³-hybridized carbons (Fsp3) is 0.314. The van der Waals surface area contributed by atoms with E-state index < -0.39 is 6.04 Å². The van der Waals surface area contributed by atoms with Gasteiger partial charge in [-0.2, -0.15) is 5.10 Å². The number of carbonyl (C=O) groups excluding carboxylic acids is 3. The lowest BCUT2D eigenvalue weighted by atomic mass is 9.88. The maximum Gasteiger partial charge on any atom is 0.258 e. The molecule has 0 bridgehead atoms. The first-order valence-corrected chi connectivity index (χ1v) is 22.4. The van der Waals surface area contributed by atoms with Crippen molar-refractivity contribution in [2.45, 2.75) is 62.9 Å². The second kappa shape index (κ2) is 17.4. The van der Waals surface area contributed by atoms with Gasteiger partial charge >= 0.3 is 0 Å². The van der Waals surface area contributed by atoms with Crippen molar-refractivity contribution in [1.82, 2.24) is 30.0 Å². The Balaban J connectivity index is 0.705. The van der Waals surface area contributed by atoms with Crippen LogP contribution in [0.2, 0.25) is 0 Å². The van der Waals surface area contributed by atoms with E-state index in [1.807, 2.05) is 43.7 Å². The Morgan fingerprint density at radius 3 is 2.28 bits per heavy atom. The summed E-state index contributed by atoms with van der Waals surface area (Å²) in [6, 6.07) is 31.7. The predicted octanol–water partition coefficient (Wildman–Crippen LogP) is 8.51. The number of amides is 3. The van der Waals surface area contributed by atoms with Crippen LogP contribution in [0.15, 0.2) is 109 Å². The normalized spacial score (nSPS) is 17.9. The van der Waals surface area contributed by atoms with Crippen molar-refractivity contribution in [2.24, 2.45) is 7.05 Å². The Morgan fingerprint density at radius 1 is 0.844 bits per heavy atom. The van der Waals surface area contributed by atoms with Gasteiger partial charge in [-0.3, -0.25) is 29.7 Å². The number of likely N-dealkylation sites (tertiary alicyclic amines) is 1. The number of carbonyl (C=O) groups is 3. The number of halogens is 1. The molecule has 0 radical (unpaired) electrons. The number of nitrogens with zero attached hydrogens (tertiary/aromatic N) is 6. The van der Waals surface area contributed by atoms with Crippen LogP contribution >= 0.6 is 0 Å². The predicted molar refractivity (Wildman–Crippen MR) is 249 cm³/mol. The number of pyridine rings is 1. The van der Waals surface area contributed by atoms with Crippen molar-refractivity contribution in [3.63, 3.8) is 0 Å². The molecule has 1 unspecified atom stereocenters. The molecule has 64 heavy (non-hydrogen) atoms. The molecule has 6 heterocycles. The molecule has 4 aromatic carbocycles. The summed E-state index contributed by atoms with van der Waals surface area (Å²) >= 11 is 0. The first kappa shape index (κ1) is 41.2. The molecule has 3 amide bonds. The van der Waals surface area contributed by atoms with E-state index in [0.717, 1.165) is 78.5 Å². The van der Waals surface area contributed by atoms with Crippen LogP contribution in [0.3, 0.4) is 0 Å². The first-order chi connectivity index (χ1) is 31.1. The van der Waals surface area contributed by atoms with Crippen molar-refractivity contribution >= 4 is 56.7 Å². The molecule has 0 spiro atoms. The fourth-order valence-corrected chi connectivity index (χ4v) is 9.96. The number of aromatic nitrogens is 4. The summed E-state index contributed by atoms with van der Waals surface area (Å²) in [5, 5.41) is 14.9. The van der Waals surface area contributed by atoms with Gasteiger partial charge in [-0.1, -0.05) is 30.3 Å². The molecule has 7 aromatic rings. The number of hydrogen-bond acceptors (Lipinski definition) is 8. The summed E-state index contributed by atoms with van der Waals surface area (Å²) in [6.07, 6.45) is 8.29. The Morgan fingerprint density at radius 2 is 1.56 bits per heavy atom. The van der Waals surface area contributed by atoms with Crippen LogP contribution < -0.4 is 20.4 Å². The summed E-state index contributed by atoms with van der Waals surface area (Å²) in [4.78, 5) is 48.3. The van der Waals surface area contributed by atoms with Gasteiger partial charge in [0.15, 0.2) is 0 Å². The quantitative estimate of drug-likeness (QED) is 0.117. The smallest absolute Gasteiger partial charge is 0.258 e. The molecule has 13 heteroatoms. The van der Waals surface area contributed by atoms with Crippen LogP contribution in [-0.2, 0) is 23.2 Å². The van der Waals surface area contributed by atoms with Gasteiger partial charge in [0.25, 0.3) is 5.91 Å². The summed E-state index contributed by atoms with van der Waals surface area (Å²) in [7, 11) is 3.94. The molecule has 1 atom stereocenters. The van der Waals surface area contributed by atoms with E-state index in [1.54, 1.807) is 17.0 Å². The lowest BCUT2D eigenvalue weighted by molar-refractivity contribution is -0.133. The van der Waals surface area contributed by atoms with Crippen molar-refractivity contribution in [3.8, 4) is 11.1 Å². The second-order valence-corrected chi connectivity index (χ2v) is 17.7. The van der Waals surface area contributed by atoms with Gasteiger partial charge < -0.3 is 19.7 Å². The number of aryl methyl sites for hydroxylation is 1.